The Bertz CT molecular complexity index is 513. The van der Waals surface area contributed by atoms with Crippen molar-refractivity contribution in [3.63, 3.8) is 0 Å². The van der Waals surface area contributed by atoms with Crippen LogP contribution < -0.4 is 0 Å². The largest absolute Gasteiger partial charge is 0.453 e. The van der Waals surface area contributed by atoms with Crippen LogP contribution in [0.5, 0.6) is 0 Å². The van der Waals surface area contributed by atoms with Crippen molar-refractivity contribution < 1.29 is 33.2 Å². The van der Waals surface area contributed by atoms with Gasteiger partial charge in [-0.25, -0.2) is 4.79 Å². The predicted octanol–water partition coefficient (Wildman–Crippen LogP) is 1.50. The molecule has 0 spiro atoms. The summed E-state index contributed by atoms with van der Waals surface area (Å²) in [6.07, 6.45) is -2.65. The van der Waals surface area contributed by atoms with Crippen molar-refractivity contribution in [3.05, 3.63) is 12.2 Å². The highest BCUT2D eigenvalue weighted by Crippen LogP contribution is 2.42. The smallest absolute Gasteiger partial charge is 0.333 e. The lowest BCUT2D eigenvalue weighted by molar-refractivity contribution is -0.234. The zero-order chi connectivity index (χ0) is 17.0. The molecule has 3 rings (SSSR count). The summed E-state index contributed by atoms with van der Waals surface area (Å²) in [5, 5.41) is 0. The third-order valence-corrected chi connectivity index (χ3v) is 4.02. The van der Waals surface area contributed by atoms with Gasteiger partial charge in [-0.2, -0.15) is 0 Å². The molecule has 0 aromatic rings. The SMILES string of the molecule is C=C(C)C(=O)O[C@@H]1[C@H]2OC(C)(C)O[C@H]2O[C@@H]1C1COC(C)(C)O1. The number of hydrogen-bond acceptors (Lipinski definition) is 7. The summed E-state index contributed by atoms with van der Waals surface area (Å²) in [5.74, 6) is -1.98. The highest BCUT2D eigenvalue weighted by atomic mass is 16.8. The van der Waals surface area contributed by atoms with Crippen molar-refractivity contribution >= 4 is 5.97 Å². The summed E-state index contributed by atoms with van der Waals surface area (Å²) in [7, 11) is 0. The zero-order valence-corrected chi connectivity index (χ0v) is 14.2. The Kier molecular flexibility index (Phi) is 4.05. The molecule has 1 unspecified atom stereocenters. The van der Waals surface area contributed by atoms with Crippen LogP contribution in [0.15, 0.2) is 12.2 Å². The van der Waals surface area contributed by atoms with Crippen LogP contribution in [-0.4, -0.2) is 54.9 Å². The number of carbonyl (C=O) groups excluding carboxylic acids is 1. The minimum Gasteiger partial charge on any atom is -0.453 e. The highest BCUT2D eigenvalue weighted by molar-refractivity contribution is 5.87. The van der Waals surface area contributed by atoms with E-state index in [1.165, 1.54) is 0 Å². The lowest BCUT2D eigenvalue weighted by Crippen LogP contribution is -2.45. The molecule has 0 aromatic carbocycles. The summed E-state index contributed by atoms with van der Waals surface area (Å²) in [5.41, 5.74) is 0.314. The van der Waals surface area contributed by atoms with Gasteiger partial charge in [-0.15, -0.1) is 0 Å². The quantitative estimate of drug-likeness (QED) is 0.574. The molecular weight excluding hydrogens is 304 g/mol. The number of esters is 1. The van der Waals surface area contributed by atoms with E-state index in [0.717, 1.165) is 0 Å². The van der Waals surface area contributed by atoms with E-state index in [9.17, 15) is 4.79 Å². The van der Waals surface area contributed by atoms with E-state index in [-0.39, 0.29) is 6.10 Å². The molecule has 0 bridgehead atoms. The van der Waals surface area contributed by atoms with Gasteiger partial charge in [-0.1, -0.05) is 6.58 Å². The van der Waals surface area contributed by atoms with Crippen LogP contribution in [0.1, 0.15) is 34.6 Å². The van der Waals surface area contributed by atoms with Gasteiger partial charge in [0.1, 0.15) is 12.2 Å². The fourth-order valence-electron chi connectivity index (χ4n) is 3.04. The van der Waals surface area contributed by atoms with Crippen molar-refractivity contribution in [2.24, 2.45) is 0 Å². The molecule has 0 aromatic heterocycles. The van der Waals surface area contributed by atoms with E-state index in [1.54, 1.807) is 20.8 Å². The fraction of sp³-hybridized carbons (Fsp3) is 0.812. The molecule has 0 N–H and O–H groups in total. The van der Waals surface area contributed by atoms with Gasteiger partial charge in [-0.3, -0.25) is 0 Å². The van der Waals surface area contributed by atoms with Gasteiger partial charge < -0.3 is 28.4 Å². The van der Waals surface area contributed by atoms with Gasteiger partial charge in [-0.05, 0) is 34.6 Å². The van der Waals surface area contributed by atoms with Crippen molar-refractivity contribution in [1.29, 1.82) is 0 Å². The first-order valence-electron chi connectivity index (χ1n) is 7.77. The molecule has 3 aliphatic rings. The number of ether oxygens (including phenoxy) is 6. The lowest BCUT2D eigenvalue weighted by atomic mass is 10.1. The molecule has 0 saturated carbocycles. The Labute approximate surface area is 135 Å². The Balaban J connectivity index is 1.79. The van der Waals surface area contributed by atoms with E-state index >= 15 is 0 Å². The molecule has 3 heterocycles. The van der Waals surface area contributed by atoms with Gasteiger partial charge in [0.15, 0.2) is 30.1 Å². The maximum absolute atomic E-state index is 12.0. The van der Waals surface area contributed by atoms with Crippen molar-refractivity contribution in [1.82, 2.24) is 0 Å². The van der Waals surface area contributed by atoms with Crippen LogP contribution in [-0.2, 0) is 33.2 Å². The maximum atomic E-state index is 12.0. The van der Waals surface area contributed by atoms with E-state index in [0.29, 0.717) is 12.2 Å². The predicted molar refractivity (Wildman–Crippen MR) is 78.3 cm³/mol. The second-order valence-electron chi connectivity index (χ2n) is 7.09. The van der Waals surface area contributed by atoms with Gasteiger partial charge in [0.05, 0.1) is 6.61 Å². The molecule has 3 aliphatic heterocycles. The topological polar surface area (TPSA) is 72.5 Å². The second-order valence-corrected chi connectivity index (χ2v) is 7.09. The molecule has 0 amide bonds. The average Bonchev–Trinajstić information content (AvgIpc) is 3.01. The number of rotatable bonds is 3. The summed E-state index contributed by atoms with van der Waals surface area (Å²) in [6.45, 7) is 12.8. The van der Waals surface area contributed by atoms with E-state index in [4.69, 9.17) is 28.4 Å². The van der Waals surface area contributed by atoms with Crippen LogP contribution >= 0.6 is 0 Å². The second kappa shape index (κ2) is 5.53. The first-order valence-corrected chi connectivity index (χ1v) is 7.77. The summed E-state index contributed by atoms with van der Waals surface area (Å²) in [6, 6.07) is 0. The van der Waals surface area contributed by atoms with Crippen molar-refractivity contribution in [2.45, 2.75) is 76.9 Å². The Morgan fingerprint density at radius 1 is 1.09 bits per heavy atom. The number of fused-ring (bicyclic) bond motifs is 1. The van der Waals surface area contributed by atoms with Crippen LogP contribution in [0.4, 0.5) is 0 Å². The van der Waals surface area contributed by atoms with Crippen molar-refractivity contribution in [2.75, 3.05) is 6.61 Å². The fourth-order valence-corrected chi connectivity index (χ4v) is 3.04. The summed E-state index contributed by atoms with van der Waals surface area (Å²) >= 11 is 0. The van der Waals surface area contributed by atoms with Gasteiger partial charge in [0.25, 0.3) is 0 Å². The van der Waals surface area contributed by atoms with Crippen LogP contribution in [0.25, 0.3) is 0 Å². The van der Waals surface area contributed by atoms with E-state index in [2.05, 4.69) is 6.58 Å². The first kappa shape index (κ1) is 16.9. The third-order valence-electron chi connectivity index (χ3n) is 4.02. The first-order chi connectivity index (χ1) is 10.6. The summed E-state index contributed by atoms with van der Waals surface area (Å²) < 4.78 is 34.5. The monoisotopic (exact) mass is 328 g/mol. The molecule has 130 valence electrons. The van der Waals surface area contributed by atoms with Gasteiger partial charge in [0, 0.05) is 5.57 Å². The maximum Gasteiger partial charge on any atom is 0.333 e. The molecule has 23 heavy (non-hydrogen) atoms. The summed E-state index contributed by atoms with van der Waals surface area (Å²) in [4.78, 5) is 12.0. The molecule has 7 heteroatoms. The lowest BCUT2D eigenvalue weighted by Gasteiger charge is -2.28. The minimum absolute atomic E-state index is 0.314. The molecule has 3 fully saturated rings. The molecule has 3 saturated heterocycles. The van der Waals surface area contributed by atoms with E-state index in [1.807, 2.05) is 13.8 Å². The number of hydrogen-bond donors (Lipinski definition) is 0. The van der Waals surface area contributed by atoms with Gasteiger partial charge in [0.2, 0.25) is 0 Å². The Morgan fingerprint density at radius 2 is 1.78 bits per heavy atom. The molecule has 7 nitrogen and oxygen atoms in total. The third kappa shape index (κ3) is 3.29. The molecular formula is C16H24O7. The van der Waals surface area contributed by atoms with Crippen LogP contribution in [0.3, 0.4) is 0 Å². The minimum atomic E-state index is -0.791. The molecule has 0 aliphatic carbocycles. The van der Waals surface area contributed by atoms with E-state index < -0.39 is 42.1 Å². The zero-order valence-electron chi connectivity index (χ0n) is 14.2. The van der Waals surface area contributed by atoms with Crippen LogP contribution in [0, 0.1) is 0 Å². The average molecular weight is 328 g/mol. The number of carbonyl (C=O) groups is 1. The Morgan fingerprint density at radius 3 is 2.35 bits per heavy atom. The normalized spacial score (nSPS) is 40.8. The van der Waals surface area contributed by atoms with Crippen LogP contribution in [0.2, 0.25) is 0 Å². The standard InChI is InChI=1S/C16H24O7/c1-8(2)13(17)19-11-10(9-7-18-15(3,4)21-9)20-14-12(11)22-16(5,6)23-14/h9-12,14H,1,7H2,2-6H3/t9?,10-,11+,12-,14-/m1/s1. The Hall–Kier alpha value is -0.990. The molecule has 5 atom stereocenters. The molecule has 0 radical (unpaired) electrons. The van der Waals surface area contributed by atoms with Gasteiger partial charge >= 0.3 is 5.97 Å². The highest BCUT2D eigenvalue weighted by Gasteiger charge is 2.60. The van der Waals surface area contributed by atoms with Crippen molar-refractivity contribution in [3.8, 4) is 0 Å².